The summed E-state index contributed by atoms with van der Waals surface area (Å²) in [4.78, 5) is 14.1. The van der Waals surface area contributed by atoms with Crippen LogP contribution in [0, 0.1) is 25.7 Å². The van der Waals surface area contributed by atoms with E-state index in [1.165, 1.54) is 5.56 Å². The maximum atomic E-state index is 12.4. The molecule has 0 fully saturated rings. The van der Waals surface area contributed by atoms with Gasteiger partial charge in [-0.1, -0.05) is 31.5 Å². The van der Waals surface area contributed by atoms with Crippen LogP contribution in [0.2, 0.25) is 0 Å². The Morgan fingerprint density at radius 1 is 1.33 bits per heavy atom. The summed E-state index contributed by atoms with van der Waals surface area (Å²) in [7, 11) is 1.82. The van der Waals surface area contributed by atoms with E-state index < -0.39 is 0 Å². The molecule has 0 saturated carbocycles. The Labute approximate surface area is 110 Å². The summed E-state index contributed by atoms with van der Waals surface area (Å²) in [5, 5.41) is 0. The second-order valence-corrected chi connectivity index (χ2v) is 5.27. The van der Waals surface area contributed by atoms with Crippen LogP contribution in [0.15, 0.2) is 18.2 Å². The lowest BCUT2D eigenvalue weighted by Crippen LogP contribution is -2.39. The summed E-state index contributed by atoms with van der Waals surface area (Å²) < 4.78 is 0. The molecule has 100 valence electrons. The van der Waals surface area contributed by atoms with Gasteiger partial charge in [-0.15, -0.1) is 0 Å². The van der Waals surface area contributed by atoms with Crippen LogP contribution in [0.1, 0.15) is 25.0 Å². The van der Waals surface area contributed by atoms with Crippen molar-refractivity contribution in [1.82, 2.24) is 0 Å². The van der Waals surface area contributed by atoms with Crippen molar-refractivity contribution in [3.8, 4) is 0 Å². The molecular weight excluding hydrogens is 224 g/mol. The third kappa shape index (κ3) is 3.10. The van der Waals surface area contributed by atoms with Crippen molar-refractivity contribution in [2.45, 2.75) is 27.7 Å². The highest BCUT2D eigenvalue weighted by Gasteiger charge is 2.25. The second-order valence-electron chi connectivity index (χ2n) is 5.27. The highest BCUT2D eigenvalue weighted by molar-refractivity contribution is 5.95. The quantitative estimate of drug-likeness (QED) is 0.890. The van der Waals surface area contributed by atoms with Crippen molar-refractivity contribution < 1.29 is 4.79 Å². The Bertz CT molecular complexity index is 427. The van der Waals surface area contributed by atoms with E-state index in [-0.39, 0.29) is 17.7 Å². The molecule has 0 spiro atoms. The Kier molecular flexibility index (Phi) is 4.91. The van der Waals surface area contributed by atoms with Crippen molar-refractivity contribution in [1.29, 1.82) is 0 Å². The molecule has 18 heavy (non-hydrogen) atoms. The smallest absolute Gasteiger partial charge is 0.231 e. The van der Waals surface area contributed by atoms with Crippen molar-refractivity contribution in [2.24, 2.45) is 17.6 Å². The minimum absolute atomic E-state index is 0.0967. The van der Waals surface area contributed by atoms with Gasteiger partial charge in [0.25, 0.3) is 0 Å². The van der Waals surface area contributed by atoms with E-state index in [0.717, 1.165) is 11.3 Å². The summed E-state index contributed by atoms with van der Waals surface area (Å²) >= 11 is 0. The molecule has 0 radical (unpaired) electrons. The highest BCUT2D eigenvalue weighted by Crippen LogP contribution is 2.23. The Hall–Kier alpha value is -1.35. The zero-order valence-corrected chi connectivity index (χ0v) is 12.0. The third-order valence-electron chi connectivity index (χ3n) is 3.42. The number of nitrogens with zero attached hydrogens (tertiary/aromatic N) is 1. The van der Waals surface area contributed by atoms with Gasteiger partial charge in [0.05, 0.1) is 5.92 Å². The van der Waals surface area contributed by atoms with Gasteiger partial charge in [-0.25, -0.2) is 0 Å². The fourth-order valence-electron chi connectivity index (χ4n) is 2.21. The standard InChI is InChI=1S/C15H24N2O/c1-10(2)13(9-16)15(18)17(5)14-7-6-11(3)8-12(14)4/h6-8,10,13H,9,16H2,1-5H3. The van der Waals surface area contributed by atoms with Crippen molar-refractivity contribution in [3.63, 3.8) is 0 Å². The molecule has 0 saturated heterocycles. The lowest BCUT2D eigenvalue weighted by molar-refractivity contribution is -0.123. The maximum absolute atomic E-state index is 12.4. The number of rotatable bonds is 4. The van der Waals surface area contributed by atoms with Gasteiger partial charge in [-0.3, -0.25) is 4.79 Å². The average molecular weight is 248 g/mol. The number of carbonyl (C=O) groups excluding carboxylic acids is 1. The van der Waals surface area contributed by atoms with Crippen LogP contribution in [-0.2, 0) is 4.79 Å². The lowest BCUT2D eigenvalue weighted by Gasteiger charge is -2.26. The van der Waals surface area contributed by atoms with Crippen LogP contribution < -0.4 is 10.6 Å². The highest BCUT2D eigenvalue weighted by atomic mass is 16.2. The Morgan fingerprint density at radius 2 is 1.94 bits per heavy atom. The van der Waals surface area contributed by atoms with Crippen LogP contribution in [0.25, 0.3) is 0 Å². The van der Waals surface area contributed by atoms with Crippen LogP contribution >= 0.6 is 0 Å². The predicted molar refractivity (Wildman–Crippen MR) is 76.7 cm³/mol. The van der Waals surface area contributed by atoms with E-state index >= 15 is 0 Å². The van der Waals surface area contributed by atoms with Gasteiger partial charge in [0.1, 0.15) is 0 Å². The van der Waals surface area contributed by atoms with Gasteiger partial charge >= 0.3 is 0 Å². The first-order chi connectivity index (χ1) is 8.38. The van der Waals surface area contributed by atoms with Crippen molar-refractivity contribution in [2.75, 3.05) is 18.5 Å². The largest absolute Gasteiger partial charge is 0.330 e. The minimum Gasteiger partial charge on any atom is -0.330 e. The molecule has 1 unspecified atom stereocenters. The van der Waals surface area contributed by atoms with E-state index in [1.54, 1.807) is 4.90 Å². The van der Waals surface area contributed by atoms with Crippen molar-refractivity contribution >= 4 is 11.6 Å². The molecule has 0 heterocycles. The molecule has 0 aromatic heterocycles. The first-order valence-electron chi connectivity index (χ1n) is 6.43. The number of hydrogen-bond acceptors (Lipinski definition) is 2. The molecule has 0 aliphatic heterocycles. The monoisotopic (exact) mass is 248 g/mol. The number of hydrogen-bond donors (Lipinski definition) is 1. The van der Waals surface area contributed by atoms with Crippen LogP contribution in [0.5, 0.6) is 0 Å². The van der Waals surface area contributed by atoms with Gasteiger partial charge in [0.15, 0.2) is 0 Å². The molecule has 0 aliphatic carbocycles. The summed E-state index contributed by atoms with van der Waals surface area (Å²) in [6.07, 6.45) is 0. The number of benzene rings is 1. The zero-order chi connectivity index (χ0) is 13.9. The maximum Gasteiger partial charge on any atom is 0.231 e. The lowest BCUT2D eigenvalue weighted by atomic mass is 9.94. The first kappa shape index (κ1) is 14.7. The fourth-order valence-corrected chi connectivity index (χ4v) is 2.21. The summed E-state index contributed by atoms with van der Waals surface area (Å²) in [5.41, 5.74) is 8.99. The summed E-state index contributed by atoms with van der Waals surface area (Å²) in [6.45, 7) is 8.54. The molecular formula is C15H24N2O. The topological polar surface area (TPSA) is 46.3 Å². The fraction of sp³-hybridized carbons (Fsp3) is 0.533. The van der Waals surface area contributed by atoms with E-state index in [1.807, 2.05) is 40.0 Å². The van der Waals surface area contributed by atoms with Crippen molar-refractivity contribution in [3.05, 3.63) is 29.3 Å². The molecule has 2 N–H and O–H groups in total. The van der Waals surface area contributed by atoms with E-state index in [2.05, 4.69) is 13.0 Å². The molecule has 1 aromatic carbocycles. The number of aryl methyl sites for hydroxylation is 2. The second kappa shape index (κ2) is 6.01. The number of anilines is 1. The molecule has 3 nitrogen and oxygen atoms in total. The molecule has 1 atom stereocenters. The molecule has 3 heteroatoms. The zero-order valence-electron chi connectivity index (χ0n) is 12.0. The minimum atomic E-state index is -0.115. The van der Waals surface area contributed by atoms with Gasteiger partial charge in [-0.05, 0) is 31.4 Å². The first-order valence-corrected chi connectivity index (χ1v) is 6.43. The van der Waals surface area contributed by atoms with Gasteiger partial charge in [-0.2, -0.15) is 0 Å². The average Bonchev–Trinajstić information content (AvgIpc) is 2.28. The van der Waals surface area contributed by atoms with E-state index in [9.17, 15) is 4.79 Å². The molecule has 1 amide bonds. The Morgan fingerprint density at radius 3 is 2.39 bits per heavy atom. The van der Waals surface area contributed by atoms with Crippen LogP contribution in [0.3, 0.4) is 0 Å². The number of nitrogens with two attached hydrogens (primary N) is 1. The summed E-state index contributed by atoms with van der Waals surface area (Å²) in [5.74, 6) is 0.242. The molecule has 1 aromatic rings. The van der Waals surface area contributed by atoms with Gasteiger partial charge < -0.3 is 10.6 Å². The third-order valence-corrected chi connectivity index (χ3v) is 3.42. The normalized spacial score (nSPS) is 12.6. The van der Waals surface area contributed by atoms with Crippen LogP contribution in [0.4, 0.5) is 5.69 Å². The van der Waals surface area contributed by atoms with Gasteiger partial charge in [0.2, 0.25) is 5.91 Å². The molecule has 1 rings (SSSR count). The number of amides is 1. The summed E-state index contributed by atoms with van der Waals surface area (Å²) in [6, 6.07) is 6.11. The van der Waals surface area contributed by atoms with E-state index in [0.29, 0.717) is 6.54 Å². The SMILES string of the molecule is Cc1ccc(N(C)C(=O)C(CN)C(C)C)c(C)c1. The predicted octanol–water partition coefficient (Wildman–Crippen LogP) is 2.50. The Balaban J connectivity index is 2.99. The molecule has 0 aliphatic rings. The van der Waals surface area contributed by atoms with E-state index in [4.69, 9.17) is 5.73 Å². The molecule has 0 bridgehead atoms. The van der Waals surface area contributed by atoms with Gasteiger partial charge in [0, 0.05) is 19.3 Å². The number of carbonyl (C=O) groups is 1. The van der Waals surface area contributed by atoms with Crippen LogP contribution in [-0.4, -0.2) is 19.5 Å².